The summed E-state index contributed by atoms with van der Waals surface area (Å²) < 4.78 is 13.1. The second kappa shape index (κ2) is 40.3. The van der Waals surface area contributed by atoms with Crippen LogP contribution in [0.3, 0.4) is 0 Å². The molecule has 8 rings (SSSR count). The maximum Gasteiger partial charge on any atom is 0.348 e. The molecule has 0 saturated heterocycles. The van der Waals surface area contributed by atoms with E-state index < -0.39 is 0 Å². The third-order valence-corrected chi connectivity index (χ3v) is 20.7. The largest absolute Gasteiger partial charge is 0.348 e. The van der Waals surface area contributed by atoms with Gasteiger partial charge in [0.05, 0.1) is 29.0 Å². The molecule has 0 aromatic carbocycles. The zero-order chi connectivity index (χ0) is 99.2. The summed E-state index contributed by atoms with van der Waals surface area (Å²) in [4.78, 5) is 108. The van der Waals surface area contributed by atoms with Crippen LogP contribution in [-0.2, 0) is 122 Å². The van der Waals surface area contributed by atoms with Crippen molar-refractivity contribution in [3.63, 3.8) is 0 Å². The summed E-state index contributed by atoms with van der Waals surface area (Å²) in [6, 6.07) is 11.6. The van der Waals surface area contributed by atoms with Crippen molar-refractivity contribution in [1.29, 1.82) is 0 Å². The molecule has 0 aliphatic carbocycles. The molecule has 0 unspecified atom stereocenters. The van der Waals surface area contributed by atoms with Crippen molar-refractivity contribution in [2.75, 3.05) is 0 Å². The summed E-state index contributed by atoms with van der Waals surface area (Å²) in [6.07, 6.45) is 14.5. The van der Waals surface area contributed by atoms with Crippen LogP contribution in [-0.4, -0.2) is 61.9 Å². The van der Waals surface area contributed by atoms with Crippen LogP contribution in [0.25, 0.3) is 0 Å². The quantitative estimate of drug-likeness (QED) is 0.137. The number of aromatic nitrogens is 13. The minimum atomic E-state index is -0.217. The van der Waals surface area contributed by atoms with E-state index in [2.05, 4.69) is 287 Å². The molecule has 702 valence electrons. The zero-order valence-corrected chi connectivity index (χ0v) is 88.7. The maximum atomic E-state index is 12.1. The highest BCUT2D eigenvalue weighted by Gasteiger charge is 2.31. The van der Waals surface area contributed by atoms with Crippen molar-refractivity contribution in [1.82, 2.24) is 61.9 Å². The van der Waals surface area contributed by atoms with E-state index in [1.807, 2.05) is 153 Å². The highest BCUT2D eigenvalue weighted by Crippen LogP contribution is 2.32. The fourth-order valence-corrected chi connectivity index (χ4v) is 11.9. The van der Waals surface area contributed by atoms with E-state index in [0.29, 0.717) is 5.69 Å². The predicted molar refractivity (Wildman–Crippen MR) is 528 cm³/mol. The second-order valence-corrected chi connectivity index (χ2v) is 50.1. The number of rotatable bonds is 0. The summed E-state index contributed by atoms with van der Waals surface area (Å²) >= 11 is 0. The molecule has 0 N–H and O–H groups in total. The molecule has 8 aromatic heterocycles. The van der Waals surface area contributed by atoms with E-state index in [1.165, 1.54) is 32.3 Å². The van der Waals surface area contributed by atoms with Gasteiger partial charge >= 0.3 is 5.69 Å². The Morgan fingerprint density at radius 2 is 0.528 bits per heavy atom. The molecule has 0 saturated carbocycles. The standard InChI is InChI=1S/2C14H23NO.3C13H22N2O.C13H21NO.2C12H20N2O/c2*1-13(2,3)10-8-11(14(4,5)6)12(16)15(7)9-10;1-12(2,3)9-8-15(7)11(16)10(14-9)13(4,5)6;2*1-12(2,3)9-8-10(13(4,5)6)14-15(7)11(9)16;1-12(2,3)10-7-8-11(15)14(9-10)13(4,5)6;1-11(2,3)9-8-14(12(4,5)6)10(15)7-13-9;1-11(2,3)9-7-13-10(15)14(8-9)12(4,5)6/h2*8-9H,1-7H3;3*8H,1-7H3;7-9H,1-6H3;2*7-8H,1-6H3. The van der Waals surface area contributed by atoms with Crippen molar-refractivity contribution >= 4 is 0 Å². The average Bonchev–Trinajstić information content (AvgIpc) is 0.823. The molecule has 0 radical (unpaired) electrons. The molecule has 21 nitrogen and oxygen atoms in total. The van der Waals surface area contributed by atoms with Gasteiger partial charge in [-0.2, -0.15) is 10.2 Å². The molecule has 0 fully saturated rings. The van der Waals surface area contributed by atoms with Crippen LogP contribution in [0.2, 0.25) is 0 Å². The third kappa shape index (κ3) is 34.7. The molecular weight excluding hydrogens is 1560 g/mol. The van der Waals surface area contributed by atoms with Gasteiger partial charge in [0.15, 0.2) is 0 Å². The van der Waals surface area contributed by atoms with Crippen molar-refractivity contribution in [2.24, 2.45) is 35.2 Å². The highest BCUT2D eigenvalue weighted by atomic mass is 16.2. The number of pyridine rings is 3. The Hall–Kier alpha value is -8.75. The summed E-state index contributed by atoms with van der Waals surface area (Å²) in [6.45, 7) is 100. The Labute approximate surface area is 754 Å². The fourth-order valence-electron chi connectivity index (χ4n) is 11.9. The van der Waals surface area contributed by atoms with Crippen LogP contribution in [0, 0.1) is 0 Å². The van der Waals surface area contributed by atoms with Gasteiger partial charge < -0.3 is 22.8 Å². The number of nitrogens with zero attached hydrogens (tertiary/aromatic N) is 13. The van der Waals surface area contributed by atoms with Crippen molar-refractivity contribution in [3.05, 3.63) is 242 Å². The average molecular weight is 1730 g/mol. The van der Waals surface area contributed by atoms with E-state index in [0.717, 1.165) is 50.6 Å². The summed E-state index contributed by atoms with van der Waals surface area (Å²) in [5.41, 5.74) is 11.5. The SMILES string of the molecule is CC(C)(C)c1ccc(=O)n(C(C)(C)C)c1.CC(C)(C)c1cn(C(C)(C)C)c(=O)cn1.CC(C)(C)c1cnc(=O)n(C(C)(C)C)c1.Cn1cc(C(C)(C)C)cc(C(C)(C)C)c1=O.Cn1cc(C(C)(C)C)cc(C(C)(C)C)c1=O.Cn1cc(C(C)(C)C)nc(C(C)(C)C)c1=O.Cn1nc(C(C)(C)C)cc(C(C)(C)C)c1=O.Cn1nc(C(C)(C)C)cc(C(C)(C)C)c1=O. The molecule has 21 heteroatoms. The van der Waals surface area contributed by atoms with Gasteiger partial charge in [-0.1, -0.05) is 276 Å². The molecular formula is C104H173N13O8. The monoisotopic (exact) mass is 1730 g/mol. The molecule has 0 aliphatic heterocycles. The second-order valence-electron chi connectivity index (χ2n) is 50.1. The van der Waals surface area contributed by atoms with Gasteiger partial charge in [0.25, 0.3) is 38.9 Å². The summed E-state index contributed by atoms with van der Waals surface area (Å²) in [5, 5.41) is 8.64. The molecule has 0 amide bonds. The van der Waals surface area contributed by atoms with E-state index in [-0.39, 0.29) is 132 Å². The third-order valence-electron chi connectivity index (χ3n) is 20.7. The summed E-state index contributed by atoms with van der Waals surface area (Å²) in [7, 11) is 8.87. The van der Waals surface area contributed by atoms with Crippen LogP contribution < -0.4 is 44.6 Å². The van der Waals surface area contributed by atoms with Crippen molar-refractivity contribution in [2.45, 2.75) is 419 Å². The Bertz CT molecular complexity index is 4770. The normalized spacial score (nSPS) is 12.9. The van der Waals surface area contributed by atoms with Crippen LogP contribution in [0.15, 0.2) is 124 Å². The van der Waals surface area contributed by atoms with Crippen LogP contribution in [0.1, 0.15) is 405 Å². The van der Waals surface area contributed by atoms with E-state index in [1.54, 1.807) is 60.8 Å². The van der Waals surface area contributed by atoms with Gasteiger partial charge in [-0.3, -0.25) is 43.1 Å². The first kappa shape index (κ1) is 114. The Morgan fingerprint density at radius 3 is 0.816 bits per heavy atom. The maximum absolute atomic E-state index is 12.1. The molecule has 0 spiro atoms. The zero-order valence-electron chi connectivity index (χ0n) is 88.7. The molecule has 0 atom stereocenters. The minimum Gasteiger partial charge on any atom is -0.318 e. The number of hydrogen-bond donors (Lipinski definition) is 0. The van der Waals surface area contributed by atoms with Crippen LogP contribution >= 0.6 is 0 Å². The lowest BCUT2D eigenvalue weighted by Gasteiger charge is -2.26. The van der Waals surface area contributed by atoms with E-state index >= 15 is 0 Å². The molecule has 8 aromatic rings. The molecule has 125 heavy (non-hydrogen) atoms. The van der Waals surface area contributed by atoms with Gasteiger partial charge in [-0.25, -0.2) is 24.1 Å². The Morgan fingerprint density at radius 1 is 0.232 bits per heavy atom. The highest BCUT2D eigenvalue weighted by molar-refractivity contribution is 5.32. The van der Waals surface area contributed by atoms with Gasteiger partial charge in [0.2, 0.25) is 0 Å². The van der Waals surface area contributed by atoms with Crippen molar-refractivity contribution in [3.8, 4) is 0 Å². The molecule has 8 heterocycles. The van der Waals surface area contributed by atoms with Gasteiger partial charge in [-0.15, -0.1) is 0 Å². The van der Waals surface area contributed by atoms with Crippen molar-refractivity contribution < 1.29 is 0 Å². The first-order chi connectivity index (χ1) is 55.0. The van der Waals surface area contributed by atoms with Gasteiger partial charge in [0, 0.05) is 151 Å². The molecule has 0 bridgehead atoms. The van der Waals surface area contributed by atoms with Gasteiger partial charge in [0.1, 0.15) is 5.69 Å². The van der Waals surface area contributed by atoms with Gasteiger partial charge in [-0.05, 0) is 152 Å². The predicted octanol–water partition coefficient (Wildman–Crippen LogP) is 20.6. The lowest BCUT2D eigenvalue weighted by molar-refractivity contribution is 0.371. The van der Waals surface area contributed by atoms with Crippen LogP contribution in [0.4, 0.5) is 0 Å². The summed E-state index contributed by atoms with van der Waals surface area (Å²) in [5.74, 6) is 0. The minimum absolute atomic E-state index is 0.000463. The van der Waals surface area contributed by atoms with E-state index in [9.17, 15) is 38.4 Å². The molecule has 0 aliphatic rings. The Kier molecular flexibility index (Phi) is 36.8. The smallest absolute Gasteiger partial charge is 0.318 e. The lowest BCUT2D eigenvalue weighted by Crippen LogP contribution is -2.36. The Balaban J connectivity index is 0.000000714. The number of aryl methyl sites for hydroxylation is 5. The first-order valence-electron chi connectivity index (χ1n) is 44.2. The van der Waals surface area contributed by atoms with Crippen LogP contribution in [0.5, 0.6) is 0 Å². The first-order valence-corrected chi connectivity index (χ1v) is 44.2. The topological polar surface area (TPSA) is 240 Å². The van der Waals surface area contributed by atoms with E-state index in [4.69, 9.17) is 0 Å². The number of hydrogen-bond acceptors (Lipinski definition) is 13. The lowest BCUT2D eigenvalue weighted by atomic mass is 9.82. The fraction of sp³-hybridized carbons (Fsp3) is 0.663.